The van der Waals surface area contributed by atoms with Gasteiger partial charge in [-0.1, -0.05) is 35.5 Å². The number of amides is 1. The van der Waals surface area contributed by atoms with E-state index in [-0.39, 0.29) is 29.3 Å². The maximum atomic E-state index is 12.1. The Hall–Kier alpha value is -2.84. The van der Waals surface area contributed by atoms with Crippen molar-refractivity contribution >= 4 is 40.7 Å². The first-order chi connectivity index (χ1) is 13.9. The first-order valence-electron chi connectivity index (χ1n) is 8.65. The van der Waals surface area contributed by atoms with Gasteiger partial charge in [-0.15, -0.1) is 10.2 Å². The van der Waals surface area contributed by atoms with E-state index in [1.165, 1.54) is 6.92 Å². The molecule has 2 aromatic carbocycles. The fourth-order valence-corrected chi connectivity index (χ4v) is 3.22. The fourth-order valence-electron chi connectivity index (χ4n) is 2.41. The van der Waals surface area contributed by atoms with E-state index >= 15 is 0 Å². The van der Waals surface area contributed by atoms with Gasteiger partial charge in [0.1, 0.15) is 5.75 Å². The topological polar surface area (TPSA) is 94.3 Å². The van der Waals surface area contributed by atoms with Crippen LogP contribution in [-0.2, 0) is 11.4 Å². The van der Waals surface area contributed by atoms with Crippen LogP contribution in [0.3, 0.4) is 0 Å². The number of Topliss-reactive ketones (excluding diaryl/α,β-unsaturated/α-hetero) is 1. The van der Waals surface area contributed by atoms with E-state index in [1.807, 2.05) is 6.92 Å². The van der Waals surface area contributed by atoms with Crippen molar-refractivity contribution in [2.45, 2.75) is 25.7 Å². The largest absolute Gasteiger partial charge is 0.484 e. The lowest BCUT2D eigenvalue weighted by atomic mass is 10.1. The number of carbonyl (C=O) groups excluding carboxylic acids is 2. The van der Waals surface area contributed by atoms with Crippen molar-refractivity contribution in [2.24, 2.45) is 0 Å². The Morgan fingerprint density at radius 1 is 1.21 bits per heavy atom. The number of nitrogens with one attached hydrogen (secondary N) is 1. The standard InChI is InChI=1S/C20H18ClN3O4S/c1-12-8-15(21)6-7-17(12)27-10-19-23-24-20(28-19)29-11-18(26)22-16-5-3-4-14(9-16)13(2)25/h3-9H,10-11H2,1-2H3,(H,22,26). The maximum Gasteiger partial charge on any atom is 0.277 e. The molecule has 150 valence electrons. The minimum absolute atomic E-state index is 0.0649. The van der Waals surface area contributed by atoms with Crippen LogP contribution in [0.4, 0.5) is 5.69 Å². The normalized spacial score (nSPS) is 10.6. The summed E-state index contributed by atoms with van der Waals surface area (Å²) >= 11 is 7.04. The number of ether oxygens (including phenoxy) is 1. The van der Waals surface area contributed by atoms with Gasteiger partial charge in [-0.3, -0.25) is 9.59 Å². The number of anilines is 1. The molecule has 0 atom stereocenters. The molecule has 0 aliphatic heterocycles. The number of halogens is 1. The number of hydrogen-bond donors (Lipinski definition) is 1. The SMILES string of the molecule is CC(=O)c1cccc(NC(=O)CSc2nnc(COc3ccc(Cl)cc3C)o2)c1. The highest BCUT2D eigenvalue weighted by Crippen LogP contribution is 2.23. The molecule has 0 saturated carbocycles. The van der Waals surface area contributed by atoms with Gasteiger partial charge < -0.3 is 14.5 Å². The molecule has 1 N–H and O–H groups in total. The minimum Gasteiger partial charge on any atom is -0.484 e. The van der Waals surface area contributed by atoms with Crippen LogP contribution in [0.5, 0.6) is 5.75 Å². The second kappa shape index (κ2) is 9.58. The van der Waals surface area contributed by atoms with Crippen LogP contribution in [0.15, 0.2) is 52.1 Å². The van der Waals surface area contributed by atoms with Gasteiger partial charge in [0, 0.05) is 16.3 Å². The molecule has 0 saturated heterocycles. The molecule has 0 spiro atoms. The first kappa shape index (κ1) is 20.9. The van der Waals surface area contributed by atoms with Crippen LogP contribution in [0.2, 0.25) is 5.02 Å². The number of rotatable bonds is 8. The van der Waals surface area contributed by atoms with Gasteiger partial charge >= 0.3 is 0 Å². The lowest BCUT2D eigenvalue weighted by Crippen LogP contribution is -2.14. The monoisotopic (exact) mass is 431 g/mol. The fraction of sp³-hybridized carbons (Fsp3) is 0.200. The predicted molar refractivity (Wildman–Crippen MR) is 111 cm³/mol. The predicted octanol–water partition coefficient (Wildman–Crippen LogP) is 4.54. The number of aromatic nitrogens is 2. The second-order valence-corrected chi connectivity index (χ2v) is 7.50. The summed E-state index contributed by atoms with van der Waals surface area (Å²) in [5.41, 5.74) is 1.99. The molecular formula is C20H18ClN3O4S. The van der Waals surface area contributed by atoms with Gasteiger partial charge in [-0.2, -0.15) is 0 Å². The summed E-state index contributed by atoms with van der Waals surface area (Å²) < 4.78 is 11.1. The quantitative estimate of drug-likeness (QED) is 0.413. The summed E-state index contributed by atoms with van der Waals surface area (Å²) in [7, 11) is 0. The molecule has 7 nitrogen and oxygen atoms in total. The summed E-state index contributed by atoms with van der Waals surface area (Å²) in [6, 6.07) is 12.1. The number of nitrogens with zero attached hydrogens (tertiary/aromatic N) is 2. The molecule has 0 unspecified atom stereocenters. The van der Waals surface area contributed by atoms with Gasteiger partial charge in [0.15, 0.2) is 12.4 Å². The third-order valence-electron chi connectivity index (χ3n) is 3.82. The molecule has 0 bridgehead atoms. The van der Waals surface area contributed by atoms with Crippen LogP contribution in [-0.4, -0.2) is 27.6 Å². The minimum atomic E-state index is -0.247. The highest BCUT2D eigenvalue weighted by Gasteiger charge is 2.12. The highest BCUT2D eigenvalue weighted by atomic mass is 35.5. The molecule has 3 aromatic rings. The summed E-state index contributed by atoms with van der Waals surface area (Å²) in [6.07, 6.45) is 0. The number of ketones is 1. The number of thioether (sulfide) groups is 1. The molecule has 0 aliphatic carbocycles. The molecule has 1 heterocycles. The Kier molecular flexibility index (Phi) is 6.90. The van der Waals surface area contributed by atoms with Crippen molar-refractivity contribution in [1.29, 1.82) is 0 Å². The zero-order valence-corrected chi connectivity index (χ0v) is 17.3. The molecule has 29 heavy (non-hydrogen) atoms. The molecule has 9 heteroatoms. The molecule has 0 aliphatic rings. The number of carbonyl (C=O) groups is 2. The average molecular weight is 432 g/mol. The van der Waals surface area contributed by atoms with Crippen molar-refractivity contribution in [3.8, 4) is 5.75 Å². The summed E-state index contributed by atoms with van der Waals surface area (Å²) in [4.78, 5) is 23.5. The zero-order valence-electron chi connectivity index (χ0n) is 15.8. The smallest absolute Gasteiger partial charge is 0.277 e. The Morgan fingerprint density at radius 2 is 2.03 bits per heavy atom. The van der Waals surface area contributed by atoms with Crippen LogP contribution >= 0.6 is 23.4 Å². The van der Waals surface area contributed by atoms with E-state index in [0.717, 1.165) is 17.3 Å². The molecule has 0 fully saturated rings. The van der Waals surface area contributed by atoms with E-state index in [1.54, 1.807) is 42.5 Å². The highest BCUT2D eigenvalue weighted by molar-refractivity contribution is 7.99. The van der Waals surface area contributed by atoms with Crippen molar-refractivity contribution < 1.29 is 18.7 Å². The van der Waals surface area contributed by atoms with Crippen molar-refractivity contribution in [3.63, 3.8) is 0 Å². The average Bonchev–Trinajstić information content (AvgIpc) is 3.14. The molecular weight excluding hydrogens is 414 g/mol. The van der Waals surface area contributed by atoms with Crippen LogP contribution in [0.25, 0.3) is 0 Å². The lowest BCUT2D eigenvalue weighted by Gasteiger charge is -2.06. The zero-order chi connectivity index (χ0) is 20.8. The summed E-state index contributed by atoms with van der Waals surface area (Å²) in [5.74, 6) is 0.752. The van der Waals surface area contributed by atoms with Gasteiger partial charge in [0.05, 0.1) is 5.75 Å². The number of aryl methyl sites for hydroxylation is 1. The van der Waals surface area contributed by atoms with E-state index in [4.69, 9.17) is 20.8 Å². The van der Waals surface area contributed by atoms with Gasteiger partial charge in [0.25, 0.3) is 11.1 Å². The summed E-state index contributed by atoms with van der Waals surface area (Å²) in [6.45, 7) is 3.48. The first-order valence-corrected chi connectivity index (χ1v) is 10.0. The molecule has 0 radical (unpaired) electrons. The maximum absolute atomic E-state index is 12.1. The van der Waals surface area contributed by atoms with Crippen molar-refractivity contribution in [2.75, 3.05) is 11.1 Å². The van der Waals surface area contributed by atoms with Crippen molar-refractivity contribution in [3.05, 3.63) is 64.5 Å². The number of benzene rings is 2. The van der Waals surface area contributed by atoms with Crippen molar-refractivity contribution in [1.82, 2.24) is 10.2 Å². The van der Waals surface area contributed by atoms with E-state index in [0.29, 0.717) is 27.9 Å². The number of hydrogen-bond acceptors (Lipinski definition) is 7. The van der Waals surface area contributed by atoms with E-state index in [9.17, 15) is 9.59 Å². The third kappa shape index (κ3) is 6.07. The Balaban J connectivity index is 1.49. The van der Waals surface area contributed by atoms with E-state index in [2.05, 4.69) is 15.5 Å². The molecule has 1 amide bonds. The Morgan fingerprint density at radius 3 is 2.79 bits per heavy atom. The Labute approximate surface area is 176 Å². The van der Waals surface area contributed by atoms with E-state index < -0.39 is 0 Å². The van der Waals surface area contributed by atoms with Gasteiger partial charge in [-0.25, -0.2) is 0 Å². The van der Waals surface area contributed by atoms with Crippen LogP contribution in [0, 0.1) is 6.92 Å². The summed E-state index contributed by atoms with van der Waals surface area (Å²) in [5, 5.41) is 11.5. The van der Waals surface area contributed by atoms with Gasteiger partial charge in [0.2, 0.25) is 5.91 Å². The van der Waals surface area contributed by atoms with Gasteiger partial charge in [-0.05, 0) is 49.7 Å². The lowest BCUT2D eigenvalue weighted by molar-refractivity contribution is -0.113. The molecule has 3 rings (SSSR count). The van der Waals surface area contributed by atoms with Crippen LogP contribution < -0.4 is 10.1 Å². The van der Waals surface area contributed by atoms with Crippen LogP contribution in [0.1, 0.15) is 28.7 Å². The second-order valence-electron chi connectivity index (χ2n) is 6.13. The molecule has 1 aromatic heterocycles. The Bertz CT molecular complexity index is 1040. The third-order valence-corrected chi connectivity index (χ3v) is 4.87.